The molecule has 0 radical (unpaired) electrons. The summed E-state index contributed by atoms with van der Waals surface area (Å²) in [5.74, 6) is 1.91. The van der Waals surface area contributed by atoms with Crippen LogP contribution in [0.2, 0.25) is 0 Å². The molecule has 3 fully saturated rings. The average molecular weight is 236 g/mol. The third-order valence-corrected chi connectivity index (χ3v) is 5.47. The van der Waals surface area contributed by atoms with E-state index in [2.05, 4.69) is 17.1 Å². The van der Waals surface area contributed by atoms with E-state index in [0.717, 1.165) is 23.9 Å². The van der Waals surface area contributed by atoms with E-state index in [-0.39, 0.29) is 0 Å². The van der Waals surface area contributed by atoms with Gasteiger partial charge < -0.3 is 10.2 Å². The summed E-state index contributed by atoms with van der Waals surface area (Å²) >= 11 is 0. The lowest BCUT2D eigenvalue weighted by molar-refractivity contribution is 0.185. The maximum Gasteiger partial charge on any atom is 0.0123 e. The van der Waals surface area contributed by atoms with Crippen LogP contribution in [-0.2, 0) is 0 Å². The zero-order chi connectivity index (χ0) is 11.7. The molecule has 3 rings (SSSR count). The minimum atomic E-state index is 0.757. The molecule has 0 amide bonds. The van der Waals surface area contributed by atoms with Crippen LogP contribution >= 0.6 is 0 Å². The van der Waals surface area contributed by atoms with Gasteiger partial charge in [-0.25, -0.2) is 0 Å². The van der Waals surface area contributed by atoms with E-state index in [1.54, 1.807) is 0 Å². The Kier molecular flexibility index (Phi) is 3.72. The van der Waals surface area contributed by atoms with Crippen molar-refractivity contribution in [1.82, 2.24) is 10.2 Å². The van der Waals surface area contributed by atoms with E-state index in [9.17, 15) is 0 Å². The summed E-state index contributed by atoms with van der Waals surface area (Å²) in [6, 6.07) is 1.58. The zero-order valence-electron chi connectivity index (χ0n) is 11.3. The summed E-state index contributed by atoms with van der Waals surface area (Å²) in [4.78, 5) is 2.65. The highest BCUT2D eigenvalue weighted by molar-refractivity contribution is 4.92. The number of nitrogens with zero attached hydrogens (tertiary/aromatic N) is 1. The van der Waals surface area contributed by atoms with Crippen LogP contribution in [0.25, 0.3) is 0 Å². The van der Waals surface area contributed by atoms with Crippen molar-refractivity contribution < 1.29 is 0 Å². The molecule has 4 atom stereocenters. The number of hydrogen-bond acceptors (Lipinski definition) is 2. The summed E-state index contributed by atoms with van der Waals surface area (Å²) in [7, 11) is 0. The summed E-state index contributed by atoms with van der Waals surface area (Å²) < 4.78 is 0. The fraction of sp³-hybridized carbons (Fsp3) is 1.00. The molecule has 0 aromatic heterocycles. The monoisotopic (exact) mass is 236 g/mol. The molecule has 2 nitrogen and oxygen atoms in total. The number of fused-ring (bicyclic) bond motifs is 2. The fourth-order valence-corrected chi connectivity index (χ4v) is 4.28. The molecule has 17 heavy (non-hydrogen) atoms. The molecule has 1 aliphatic carbocycles. The van der Waals surface area contributed by atoms with Crippen LogP contribution in [0, 0.1) is 11.8 Å². The minimum Gasteiger partial charge on any atom is -0.311 e. The van der Waals surface area contributed by atoms with Gasteiger partial charge >= 0.3 is 0 Å². The summed E-state index contributed by atoms with van der Waals surface area (Å²) in [5, 5.41) is 3.99. The Morgan fingerprint density at radius 3 is 2.59 bits per heavy atom. The molecular formula is C15H28N2. The molecule has 2 heteroatoms. The maximum atomic E-state index is 3.99. The van der Waals surface area contributed by atoms with Crippen molar-refractivity contribution in [3.8, 4) is 0 Å². The van der Waals surface area contributed by atoms with Crippen LogP contribution in [0.15, 0.2) is 0 Å². The quantitative estimate of drug-likeness (QED) is 0.810. The standard InChI is InChI=1S/C15H28N2/c1-12(13-5-3-2-4-6-13)16-15-8-10-17-9-7-14(15)11-17/h12-16H,2-11H2,1H3/t12-,14?,15?/m0/s1. The van der Waals surface area contributed by atoms with E-state index >= 15 is 0 Å². The Hall–Kier alpha value is -0.0800. The van der Waals surface area contributed by atoms with Crippen molar-refractivity contribution >= 4 is 0 Å². The van der Waals surface area contributed by atoms with Crippen LogP contribution < -0.4 is 5.32 Å². The Balaban J connectivity index is 1.51. The molecule has 3 aliphatic rings. The first-order valence-corrected chi connectivity index (χ1v) is 7.81. The van der Waals surface area contributed by atoms with Crippen LogP contribution in [0.5, 0.6) is 0 Å². The van der Waals surface area contributed by atoms with Crippen LogP contribution in [0.1, 0.15) is 51.9 Å². The maximum absolute atomic E-state index is 3.99. The van der Waals surface area contributed by atoms with Crippen molar-refractivity contribution in [1.29, 1.82) is 0 Å². The normalized spacial score (nSPS) is 40.4. The second-order valence-electron chi connectivity index (χ2n) is 6.60. The third kappa shape index (κ3) is 2.68. The average Bonchev–Trinajstić information content (AvgIpc) is 2.77. The fourth-order valence-electron chi connectivity index (χ4n) is 4.28. The Morgan fingerprint density at radius 1 is 1.00 bits per heavy atom. The number of piperidine rings is 1. The molecule has 3 unspecified atom stereocenters. The largest absolute Gasteiger partial charge is 0.311 e. The van der Waals surface area contributed by atoms with Crippen molar-refractivity contribution in [3.05, 3.63) is 0 Å². The van der Waals surface area contributed by atoms with E-state index in [0.29, 0.717) is 0 Å². The predicted molar refractivity (Wildman–Crippen MR) is 72.1 cm³/mol. The van der Waals surface area contributed by atoms with Gasteiger partial charge in [-0.05, 0) is 57.5 Å². The van der Waals surface area contributed by atoms with Gasteiger partial charge in [0, 0.05) is 18.6 Å². The van der Waals surface area contributed by atoms with Crippen molar-refractivity contribution in [2.24, 2.45) is 11.8 Å². The van der Waals surface area contributed by atoms with Gasteiger partial charge in [0.1, 0.15) is 0 Å². The van der Waals surface area contributed by atoms with Crippen LogP contribution in [0.3, 0.4) is 0 Å². The number of hydrogen-bond donors (Lipinski definition) is 1. The van der Waals surface area contributed by atoms with Gasteiger partial charge in [-0.15, -0.1) is 0 Å². The minimum absolute atomic E-state index is 0.757. The molecule has 1 N–H and O–H groups in total. The van der Waals surface area contributed by atoms with Gasteiger partial charge in [-0.3, -0.25) is 0 Å². The SMILES string of the molecule is C[C@H](NC1CCN2CCC1C2)C1CCCCC1. The molecule has 2 bridgehead atoms. The summed E-state index contributed by atoms with van der Waals surface area (Å²) in [6.45, 7) is 6.51. The molecule has 2 aliphatic heterocycles. The van der Waals surface area contributed by atoms with Gasteiger partial charge in [-0.2, -0.15) is 0 Å². The van der Waals surface area contributed by atoms with Crippen LogP contribution in [0.4, 0.5) is 0 Å². The van der Waals surface area contributed by atoms with Gasteiger partial charge in [0.2, 0.25) is 0 Å². The van der Waals surface area contributed by atoms with Crippen molar-refractivity contribution in [2.45, 2.75) is 64.0 Å². The molecule has 1 saturated carbocycles. The lowest BCUT2D eigenvalue weighted by Crippen LogP contribution is -2.49. The van der Waals surface area contributed by atoms with Crippen LogP contribution in [-0.4, -0.2) is 36.6 Å². The zero-order valence-corrected chi connectivity index (χ0v) is 11.3. The summed E-state index contributed by atoms with van der Waals surface area (Å²) in [6.07, 6.45) is 10.2. The van der Waals surface area contributed by atoms with Gasteiger partial charge in [0.15, 0.2) is 0 Å². The van der Waals surface area contributed by atoms with Gasteiger partial charge in [0.05, 0.1) is 0 Å². The molecule has 2 saturated heterocycles. The van der Waals surface area contributed by atoms with Gasteiger partial charge in [-0.1, -0.05) is 19.3 Å². The second kappa shape index (κ2) is 5.27. The molecule has 2 heterocycles. The van der Waals surface area contributed by atoms with E-state index < -0.39 is 0 Å². The van der Waals surface area contributed by atoms with E-state index in [1.807, 2.05) is 0 Å². The van der Waals surface area contributed by atoms with E-state index in [1.165, 1.54) is 64.6 Å². The predicted octanol–water partition coefficient (Wildman–Crippen LogP) is 2.64. The highest BCUT2D eigenvalue weighted by Gasteiger charge is 2.35. The Morgan fingerprint density at radius 2 is 1.76 bits per heavy atom. The molecule has 0 aromatic rings. The van der Waals surface area contributed by atoms with Crippen molar-refractivity contribution in [3.63, 3.8) is 0 Å². The van der Waals surface area contributed by atoms with Gasteiger partial charge in [0.25, 0.3) is 0 Å². The first-order valence-electron chi connectivity index (χ1n) is 7.81. The third-order valence-electron chi connectivity index (χ3n) is 5.47. The topological polar surface area (TPSA) is 15.3 Å². The summed E-state index contributed by atoms with van der Waals surface area (Å²) in [5.41, 5.74) is 0. The first kappa shape index (κ1) is 12.0. The lowest BCUT2D eigenvalue weighted by atomic mass is 9.83. The Bertz CT molecular complexity index is 247. The molecule has 98 valence electrons. The van der Waals surface area contributed by atoms with E-state index in [4.69, 9.17) is 0 Å². The number of rotatable bonds is 3. The lowest BCUT2D eigenvalue weighted by Gasteiger charge is -2.36. The van der Waals surface area contributed by atoms with Crippen molar-refractivity contribution in [2.75, 3.05) is 19.6 Å². The smallest absolute Gasteiger partial charge is 0.0123 e. The Labute approximate surface area is 106 Å². The highest BCUT2D eigenvalue weighted by Crippen LogP contribution is 2.30. The number of nitrogens with one attached hydrogen (secondary N) is 1. The first-order chi connectivity index (χ1) is 8.33. The second-order valence-corrected chi connectivity index (χ2v) is 6.60. The highest BCUT2D eigenvalue weighted by atomic mass is 15.2. The molecule has 0 spiro atoms. The molecule has 0 aromatic carbocycles. The molecular weight excluding hydrogens is 208 g/mol.